The fourth-order valence-electron chi connectivity index (χ4n) is 14.6. The smallest absolute Gasteiger partial charge is 0.336 e. The number of benzene rings is 3. The molecule has 3 atom stereocenters. The monoisotopic (exact) mass is 1570 g/mol. The second-order valence-electron chi connectivity index (χ2n) is 27.4. The van der Waals surface area contributed by atoms with E-state index in [1.807, 2.05) is 12.1 Å². The number of unbranched alkanes of at least 4 members (excludes halogenated alkanes) is 2. The first-order chi connectivity index (χ1) is 52.3. The molecule has 0 aliphatic carbocycles. The molecular formula is C74H106N10O27. The molecule has 614 valence electrons. The number of fused-ring (bicyclic) bond motifs is 4. The molecular weight excluding hydrogens is 1460 g/mol. The Bertz CT molecular complexity index is 4110. The van der Waals surface area contributed by atoms with Gasteiger partial charge in [0.05, 0.1) is 50.9 Å². The third kappa shape index (κ3) is 25.2. The summed E-state index contributed by atoms with van der Waals surface area (Å²) in [6.07, 6.45) is 0.332. The lowest BCUT2D eigenvalue weighted by molar-refractivity contribution is -0.152. The summed E-state index contributed by atoms with van der Waals surface area (Å²) in [5.74, 6) is -17.8. The Hall–Kier alpha value is -11.2. The number of aromatic carboxylic acids is 1. The molecule has 0 aromatic heterocycles. The molecule has 0 bridgehead atoms. The quantitative estimate of drug-likeness (QED) is 0.0222. The van der Waals surface area contributed by atoms with Crippen LogP contribution in [-0.2, 0) is 75.2 Å². The average Bonchev–Trinajstić information content (AvgIpc) is 0.729. The number of ether oxygens (including phenoxy) is 1. The first kappa shape index (κ1) is 88.7. The maximum Gasteiger partial charge on any atom is 0.336 e. The molecule has 12 N–H and O–H groups in total. The van der Waals surface area contributed by atoms with Gasteiger partial charge in [-0.2, -0.15) is 0 Å². The van der Waals surface area contributed by atoms with E-state index in [1.165, 1.54) is 31.7 Å². The van der Waals surface area contributed by atoms with E-state index in [-0.39, 0.29) is 107 Å². The zero-order chi connectivity index (χ0) is 80.6. The van der Waals surface area contributed by atoms with Crippen molar-refractivity contribution in [2.45, 2.75) is 135 Å². The van der Waals surface area contributed by atoms with Crippen LogP contribution in [0.5, 0.6) is 11.5 Å². The van der Waals surface area contributed by atoms with Crippen molar-refractivity contribution in [2.75, 3.05) is 129 Å². The lowest BCUT2D eigenvalue weighted by Gasteiger charge is -2.33. The SMILES string of the molecule is CCN1CCCc2cc3c(cc21)Oc1cc2c(cc1=C3c1cc(C(=O)NCCCCCC(=O)N3CCCN(C(=O)CCC(C(=O)O)N(CC(=O)O)CC(=O)O)CCN(C(=O)CCC(C(=O)O)N(CC(=O)O)CC(=O)O)CCCN(C(=O)CCC(C(=O)O)N(CC(=O)O)CC(=O)O)CC3)ccc1C(=O)O)CCC[N+]=2CC.[HH].[HH].[HH].[HH].[OH-]. The molecule has 0 spiro atoms. The predicted molar refractivity (Wildman–Crippen MR) is 398 cm³/mol. The lowest BCUT2D eigenvalue weighted by Crippen LogP contribution is -2.49. The maximum atomic E-state index is 14.5. The molecule has 4 aliphatic rings. The number of carbonyl (C=O) groups is 15. The number of hydrogen-bond acceptors (Lipinski definition) is 21. The Morgan fingerprint density at radius 1 is 0.477 bits per heavy atom. The van der Waals surface area contributed by atoms with Crippen LogP contribution in [0.3, 0.4) is 0 Å². The van der Waals surface area contributed by atoms with E-state index in [2.05, 4.69) is 40.8 Å². The number of rotatable bonds is 38. The van der Waals surface area contributed by atoms with Gasteiger partial charge in [0.15, 0.2) is 0 Å². The molecule has 1 saturated heterocycles. The van der Waals surface area contributed by atoms with E-state index in [0.29, 0.717) is 61.0 Å². The summed E-state index contributed by atoms with van der Waals surface area (Å²) in [6, 6.07) is 7.19. The van der Waals surface area contributed by atoms with E-state index in [4.69, 9.17) is 4.74 Å². The number of carboxylic acid groups (broad SMARTS) is 10. The molecule has 111 heavy (non-hydrogen) atoms. The van der Waals surface area contributed by atoms with Crippen molar-refractivity contribution < 1.29 is 139 Å². The topological polar surface area (TPSA) is 539 Å². The summed E-state index contributed by atoms with van der Waals surface area (Å²) in [5.41, 5.74) is 4.99. The normalized spacial score (nSPS) is 15.4. The van der Waals surface area contributed by atoms with Crippen molar-refractivity contribution in [2.24, 2.45) is 0 Å². The van der Waals surface area contributed by atoms with E-state index < -0.39 is 185 Å². The van der Waals surface area contributed by atoms with E-state index in [0.717, 1.165) is 74.0 Å². The summed E-state index contributed by atoms with van der Waals surface area (Å²) in [4.78, 5) is 202. The molecule has 3 unspecified atom stereocenters. The summed E-state index contributed by atoms with van der Waals surface area (Å²) in [6.45, 7) is -0.822. The third-order valence-corrected chi connectivity index (χ3v) is 20.0. The lowest BCUT2D eigenvalue weighted by atomic mass is 9.85. The fourth-order valence-corrected chi connectivity index (χ4v) is 14.6. The number of nitrogens with one attached hydrogen (secondary N) is 1. The van der Waals surface area contributed by atoms with Crippen molar-refractivity contribution >= 4 is 100 Å². The second-order valence-corrected chi connectivity index (χ2v) is 27.4. The number of hydrogen-bond donors (Lipinski definition) is 11. The summed E-state index contributed by atoms with van der Waals surface area (Å²) >= 11 is 0. The molecule has 4 heterocycles. The Labute approximate surface area is 643 Å². The largest absolute Gasteiger partial charge is 0.870 e. The molecule has 0 radical (unpaired) electrons. The van der Waals surface area contributed by atoms with E-state index >= 15 is 0 Å². The van der Waals surface area contributed by atoms with Crippen molar-refractivity contribution in [3.05, 3.63) is 86.4 Å². The highest BCUT2D eigenvalue weighted by Gasteiger charge is 2.36. The average molecular weight is 1570 g/mol. The summed E-state index contributed by atoms with van der Waals surface area (Å²) < 4.78 is 9.05. The number of aliphatic carboxylic acids is 9. The number of carbonyl (C=O) groups excluding carboxylic acids is 5. The van der Waals surface area contributed by atoms with Gasteiger partial charge in [-0.15, -0.1) is 0 Å². The zero-order valence-corrected chi connectivity index (χ0v) is 62.0. The van der Waals surface area contributed by atoms with Crippen LogP contribution in [0.4, 0.5) is 5.69 Å². The minimum absolute atomic E-state index is 0. The number of nitrogens with zero attached hydrogens (tertiary/aromatic N) is 9. The first-order valence-corrected chi connectivity index (χ1v) is 36.7. The van der Waals surface area contributed by atoms with Crippen molar-refractivity contribution in [1.29, 1.82) is 0 Å². The van der Waals surface area contributed by atoms with E-state index in [1.54, 1.807) is 6.07 Å². The molecule has 3 aromatic rings. The van der Waals surface area contributed by atoms with Gasteiger partial charge in [0.1, 0.15) is 42.7 Å². The van der Waals surface area contributed by atoms with Crippen molar-refractivity contribution in [1.82, 2.24) is 44.2 Å². The molecule has 37 nitrogen and oxygen atoms in total. The minimum Gasteiger partial charge on any atom is -0.870 e. The van der Waals surface area contributed by atoms with Crippen molar-refractivity contribution in [3.8, 4) is 11.5 Å². The molecule has 1 fully saturated rings. The van der Waals surface area contributed by atoms with Gasteiger partial charge in [0.25, 0.3) is 5.91 Å². The highest BCUT2D eigenvalue weighted by Crippen LogP contribution is 2.43. The Balaban J connectivity index is 0.00000897. The molecule has 7 rings (SSSR count). The Morgan fingerprint density at radius 2 is 0.919 bits per heavy atom. The van der Waals surface area contributed by atoms with Crippen molar-refractivity contribution in [3.63, 3.8) is 0 Å². The van der Waals surface area contributed by atoms with Crippen LogP contribution < -0.4 is 30.1 Å². The summed E-state index contributed by atoms with van der Waals surface area (Å²) in [5, 5.41) is 103. The Morgan fingerprint density at radius 3 is 1.33 bits per heavy atom. The van der Waals surface area contributed by atoms with Gasteiger partial charge < -0.3 is 91.1 Å². The van der Waals surface area contributed by atoms with Crippen LogP contribution in [-0.4, -0.2) is 323 Å². The molecule has 4 aliphatic heterocycles. The fraction of sp³-hybridized carbons (Fsp3) is 0.541. The summed E-state index contributed by atoms with van der Waals surface area (Å²) in [7, 11) is 0. The van der Waals surface area contributed by atoms with Gasteiger partial charge >= 0.3 is 59.7 Å². The number of aryl methyl sites for hydroxylation is 2. The van der Waals surface area contributed by atoms with Crippen LogP contribution in [0.15, 0.2) is 42.5 Å². The zero-order valence-electron chi connectivity index (χ0n) is 62.0. The predicted octanol–water partition coefficient (Wildman–Crippen LogP) is 1.29. The highest BCUT2D eigenvalue weighted by molar-refractivity contribution is 6.02. The molecule has 3 aromatic carbocycles. The van der Waals surface area contributed by atoms with Crippen LogP contribution in [0.25, 0.3) is 5.57 Å². The number of anilines is 1. The first-order valence-electron chi connectivity index (χ1n) is 36.7. The van der Waals surface area contributed by atoms with Gasteiger partial charge in [-0.05, 0) is 120 Å². The Kier molecular flexibility index (Phi) is 33.7. The van der Waals surface area contributed by atoms with Gasteiger partial charge in [-0.1, -0.05) is 6.42 Å². The molecule has 37 heteroatoms. The standard InChI is InChI=1S/C74H96N10O26.H2O.4H2/c1-3-76-24-8-12-45-34-50-57(37-55(45)76)110-58-38-56-46(13-9-25-77(56)4-2)35-51(58)69(50)49-36-47(15-16-48(49)71(102)103)70(101)75-23-7-5-6-14-59(85)78-26-10-27-80(61(87)21-18-53(73(106)107)83(41-65(93)94)42-66(95)96)32-33-81(62(88)22-19-54(74(108)109)84(43-67(97)98)44-68(99)100)29-11-28-79(31-30-78)60(86)20-17-52(72(104)105)82(39-63(89)90)40-64(91)92;;;;;/h15-16,34-38,52-54H,3-14,17-33,39-44H2,1-2H3,(H10-,75,89,90,91,92,93,94,95,96,97,98,99,100,101,102,103,104,105,106,107,108,109);1H2;4*1H. The number of amides is 5. The van der Waals surface area contributed by atoms with Gasteiger partial charge in [0, 0.05) is 149 Å². The third-order valence-electron chi connectivity index (χ3n) is 20.0. The highest BCUT2D eigenvalue weighted by atomic mass is 16.5. The maximum absolute atomic E-state index is 14.5. The van der Waals surface area contributed by atoms with Crippen LogP contribution in [0.1, 0.15) is 152 Å². The van der Waals surface area contributed by atoms with Gasteiger partial charge in [0.2, 0.25) is 29.0 Å². The van der Waals surface area contributed by atoms with Crippen LogP contribution in [0.2, 0.25) is 0 Å². The van der Waals surface area contributed by atoms with Crippen LogP contribution in [0, 0.1) is 0 Å². The number of carboxylic acids is 10. The van der Waals surface area contributed by atoms with Crippen LogP contribution >= 0.6 is 0 Å². The van der Waals surface area contributed by atoms with Gasteiger partial charge in [-0.25, -0.2) is 9.37 Å². The minimum atomic E-state index is -1.83. The van der Waals surface area contributed by atoms with E-state index in [9.17, 15) is 123 Å². The molecule has 5 amide bonds. The second kappa shape index (κ2) is 42.1. The van der Waals surface area contributed by atoms with Gasteiger partial charge in [-0.3, -0.25) is 81.8 Å². The molecule has 0 saturated carbocycles.